The van der Waals surface area contributed by atoms with Crippen LogP contribution in [0.2, 0.25) is 0 Å². The summed E-state index contributed by atoms with van der Waals surface area (Å²) >= 11 is 0. The molecule has 0 aromatic carbocycles. The fourth-order valence-electron chi connectivity index (χ4n) is 11.0. The van der Waals surface area contributed by atoms with Gasteiger partial charge in [-0.1, -0.05) is 312 Å². The van der Waals surface area contributed by atoms with E-state index in [4.69, 9.17) is 37.0 Å². The normalized spacial score (nSPS) is 14.2. The monoisotopic (exact) mass is 1350 g/mol. The van der Waals surface area contributed by atoms with Gasteiger partial charge in [0.2, 0.25) is 0 Å². The number of rotatable bonds is 70. The molecular weight excluding hydrogens is 1210 g/mol. The van der Waals surface area contributed by atoms with E-state index in [0.29, 0.717) is 31.6 Å². The van der Waals surface area contributed by atoms with E-state index in [1.807, 2.05) is 0 Å². The Morgan fingerprint density at radius 2 is 0.457 bits per heavy atom. The zero-order chi connectivity index (χ0) is 68.2. The van der Waals surface area contributed by atoms with E-state index < -0.39 is 97.5 Å². The van der Waals surface area contributed by atoms with Crippen molar-refractivity contribution >= 4 is 39.5 Å². The second-order valence-corrected chi connectivity index (χ2v) is 31.1. The Bertz CT molecular complexity index is 1820. The first-order valence-corrected chi connectivity index (χ1v) is 40.7. The van der Waals surface area contributed by atoms with Crippen molar-refractivity contribution in [3.8, 4) is 0 Å². The van der Waals surface area contributed by atoms with Gasteiger partial charge >= 0.3 is 39.5 Å². The molecule has 0 aromatic rings. The molecule has 0 rings (SSSR count). The van der Waals surface area contributed by atoms with Crippen LogP contribution in [-0.4, -0.2) is 96.7 Å². The summed E-state index contributed by atoms with van der Waals surface area (Å²) in [5.74, 6) is 0.857. The Kier molecular flexibility index (Phi) is 61.3. The third kappa shape index (κ3) is 66.7. The van der Waals surface area contributed by atoms with Gasteiger partial charge in [0.05, 0.1) is 26.4 Å². The molecule has 0 aliphatic rings. The number of aliphatic hydroxyl groups excluding tert-OH is 1. The number of phosphoric acid groups is 2. The first kappa shape index (κ1) is 90.1. The molecule has 0 saturated heterocycles. The lowest BCUT2D eigenvalue weighted by atomic mass is 10.0. The number of hydrogen-bond acceptors (Lipinski definition) is 15. The predicted molar refractivity (Wildman–Crippen MR) is 372 cm³/mol. The van der Waals surface area contributed by atoms with Crippen LogP contribution in [0.1, 0.15) is 364 Å². The van der Waals surface area contributed by atoms with E-state index in [-0.39, 0.29) is 25.7 Å². The Morgan fingerprint density at radius 1 is 0.272 bits per heavy atom. The summed E-state index contributed by atoms with van der Waals surface area (Å²) in [6, 6.07) is 0. The second-order valence-electron chi connectivity index (χ2n) is 28.2. The molecule has 3 unspecified atom stereocenters. The average Bonchev–Trinajstić information content (AvgIpc) is 2.44. The number of unbranched alkanes of at least 4 members (excludes halogenated alkanes) is 36. The molecule has 19 heteroatoms. The largest absolute Gasteiger partial charge is 0.472 e. The molecule has 0 saturated carbocycles. The van der Waals surface area contributed by atoms with Crippen molar-refractivity contribution in [2.45, 2.75) is 382 Å². The molecule has 92 heavy (non-hydrogen) atoms. The minimum Gasteiger partial charge on any atom is -0.462 e. The number of carbonyl (C=O) groups excluding carboxylic acids is 4. The molecule has 0 amide bonds. The molecule has 0 radical (unpaired) electrons. The smallest absolute Gasteiger partial charge is 0.462 e. The Morgan fingerprint density at radius 3 is 0.674 bits per heavy atom. The standard InChI is InChI=1S/C73H142O17P2/c1-63(2)49-41-33-25-18-14-12-10-9-11-13-15-21-30-39-47-55-72(77)89-68(59-83-70(75)53-45-37-29-20-17-16-19-26-34-42-50-64(3)4)61-87-91(79,80)85-57-67(74)58-86-92(81,82)88-62-69(60-84-71(76)54-46-38-32-24-28-36-44-52-66(7)8)90-73(78)56-48-40-31-23-22-27-35-43-51-65(5)6/h63-69,74H,9-62H2,1-8H3,(H,79,80)(H,81,82)/t67?,68-,69-/m1/s1. The van der Waals surface area contributed by atoms with Crippen molar-refractivity contribution in [3.05, 3.63) is 0 Å². The second kappa shape index (κ2) is 62.6. The van der Waals surface area contributed by atoms with Gasteiger partial charge in [-0.3, -0.25) is 37.3 Å². The average molecular weight is 1350 g/mol. The van der Waals surface area contributed by atoms with Crippen LogP contribution in [0, 0.1) is 23.7 Å². The summed E-state index contributed by atoms with van der Waals surface area (Å²) in [7, 11) is -9.91. The quantitative estimate of drug-likeness (QED) is 0.0222. The maximum absolute atomic E-state index is 13.1. The van der Waals surface area contributed by atoms with Crippen molar-refractivity contribution in [1.82, 2.24) is 0 Å². The van der Waals surface area contributed by atoms with Crippen molar-refractivity contribution in [2.75, 3.05) is 39.6 Å². The lowest BCUT2D eigenvalue weighted by Gasteiger charge is -2.21. The Hall–Kier alpha value is -1.94. The molecule has 0 fully saturated rings. The number of esters is 4. The predicted octanol–water partition coefficient (Wildman–Crippen LogP) is 20.9. The lowest BCUT2D eigenvalue weighted by molar-refractivity contribution is -0.161. The molecule has 0 heterocycles. The summed E-state index contributed by atoms with van der Waals surface area (Å²) in [5.41, 5.74) is 0. The Balaban J connectivity index is 5.24. The van der Waals surface area contributed by atoms with Crippen LogP contribution in [-0.2, 0) is 65.4 Å². The van der Waals surface area contributed by atoms with Gasteiger partial charge in [0.25, 0.3) is 0 Å². The first-order valence-electron chi connectivity index (χ1n) is 37.7. The molecule has 0 aliphatic heterocycles. The molecule has 17 nitrogen and oxygen atoms in total. The number of ether oxygens (including phenoxy) is 4. The van der Waals surface area contributed by atoms with E-state index in [1.54, 1.807) is 0 Å². The summed E-state index contributed by atoms with van der Waals surface area (Å²) in [5, 5.41) is 10.6. The third-order valence-corrected chi connectivity index (χ3v) is 18.7. The van der Waals surface area contributed by atoms with Crippen molar-refractivity contribution in [1.29, 1.82) is 0 Å². The molecule has 0 aromatic heterocycles. The maximum atomic E-state index is 13.1. The highest BCUT2D eigenvalue weighted by Crippen LogP contribution is 2.45. The minimum absolute atomic E-state index is 0.103. The zero-order valence-electron chi connectivity index (χ0n) is 60.2. The summed E-state index contributed by atoms with van der Waals surface area (Å²) in [4.78, 5) is 72.6. The lowest BCUT2D eigenvalue weighted by Crippen LogP contribution is -2.30. The van der Waals surface area contributed by atoms with Crippen LogP contribution in [0.4, 0.5) is 0 Å². The summed E-state index contributed by atoms with van der Waals surface area (Å²) < 4.78 is 68.4. The van der Waals surface area contributed by atoms with Crippen LogP contribution in [0.25, 0.3) is 0 Å². The van der Waals surface area contributed by atoms with Crippen LogP contribution in [0.3, 0.4) is 0 Å². The SMILES string of the molecule is CC(C)CCCCCCCCCCCCCCCCCC(=O)O[C@H](COC(=O)CCCCCCCCCCCCC(C)C)COP(=O)(O)OCC(O)COP(=O)(O)OC[C@@H](COC(=O)CCCCCCCCCC(C)C)OC(=O)CCCCCCCCCCC(C)C. The van der Waals surface area contributed by atoms with Crippen molar-refractivity contribution < 1.29 is 80.2 Å². The van der Waals surface area contributed by atoms with Crippen molar-refractivity contribution in [3.63, 3.8) is 0 Å². The van der Waals surface area contributed by atoms with E-state index >= 15 is 0 Å². The van der Waals surface area contributed by atoms with Gasteiger partial charge in [0.15, 0.2) is 12.2 Å². The van der Waals surface area contributed by atoms with Gasteiger partial charge in [-0.05, 0) is 49.4 Å². The highest BCUT2D eigenvalue weighted by atomic mass is 31.2. The Labute approximate surface area is 562 Å². The fourth-order valence-corrected chi connectivity index (χ4v) is 12.6. The molecule has 3 N–H and O–H groups in total. The van der Waals surface area contributed by atoms with E-state index in [1.165, 1.54) is 161 Å². The van der Waals surface area contributed by atoms with Gasteiger partial charge in [-0.15, -0.1) is 0 Å². The molecule has 5 atom stereocenters. The molecule has 0 spiro atoms. The fraction of sp³-hybridized carbons (Fsp3) is 0.945. The number of carbonyl (C=O) groups is 4. The zero-order valence-corrected chi connectivity index (χ0v) is 62.0. The molecule has 546 valence electrons. The number of phosphoric ester groups is 2. The minimum atomic E-state index is -4.96. The van der Waals surface area contributed by atoms with E-state index in [2.05, 4.69) is 55.4 Å². The third-order valence-electron chi connectivity index (χ3n) is 16.8. The van der Waals surface area contributed by atoms with Crippen molar-refractivity contribution in [2.24, 2.45) is 23.7 Å². The molecule has 0 aliphatic carbocycles. The topological polar surface area (TPSA) is 237 Å². The molecular formula is C73H142O17P2. The molecule has 0 bridgehead atoms. The summed E-state index contributed by atoms with van der Waals surface area (Å²) in [6.07, 6.45) is 46.0. The van der Waals surface area contributed by atoms with Crippen LogP contribution < -0.4 is 0 Å². The van der Waals surface area contributed by atoms with Gasteiger partial charge in [-0.2, -0.15) is 0 Å². The highest BCUT2D eigenvalue weighted by molar-refractivity contribution is 7.47. The highest BCUT2D eigenvalue weighted by Gasteiger charge is 2.30. The maximum Gasteiger partial charge on any atom is 0.472 e. The van der Waals surface area contributed by atoms with Gasteiger partial charge < -0.3 is 33.8 Å². The number of aliphatic hydroxyl groups is 1. The summed E-state index contributed by atoms with van der Waals surface area (Å²) in [6.45, 7) is 14.1. The van der Waals surface area contributed by atoms with Gasteiger partial charge in [0, 0.05) is 25.7 Å². The first-order chi connectivity index (χ1) is 44.1. The van der Waals surface area contributed by atoms with E-state index in [9.17, 15) is 43.2 Å². The van der Waals surface area contributed by atoms with Crippen LogP contribution in [0.5, 0.6) is 0 Å². The van der Waals surface area contributed by atoms with Gasteiger partial charge in [-0.25, -0.2) is 9.13 Å². The van der Waals surface area contributed by atoms with Crippen LogP contribution in [0.15, 0.2) is 0 Å². The van der Waals surface area contributed by atoms with Crippen LogP contribution >= 0.6 is 15.6 Å². The van der Waals surface area contributed by atoms with E-state index in [0.717, 1.165) is 114 Å². The number of hydrogen-bond donors (Lipinski definition) is 3. The van der Waals surface area contributed by atoms with Gasteiger partial charge in [0.1, 0.15) is 19.3 Å².